The number of phenolic OH excluding ortho intramolecular Hbond substituents is 2. The molecule has 2 fully saturated rings. The molecule has 16 heteroatoms. The number of benzene rings is 2. The number of ether oxygens (including phenoxy) is 4. The van der Waals surface area contributed by atoms with Crippen LogP contribution in [0.5, 0.6) is 23.0 Å². The highest BCUT2D eigenvalue weighted by atomic mass is 35.5. The Morgan fingerprint density at radius 2 is 1.14 bits per heavy atom. The van der Waals surface area contributed by atoms with E-state index in [4.69, 9.17) is 23.4 Å². The molecule has 10 atom stereocenters. The molecule has 0 unspecified atom stereocenters. The highest BCUT2D eigenvalue weighted by Gasteiger charge is 2.47. The van der Waals surface area contributed by atoms with E-state index in [1.54, 1.807) is 0 Å². The van der Waals surface area contributed by atoms with E-state index in [1.165, 1.54) is 36.4 Å². The third-order valence-corrected chi connectivity index (χ3v) is 7.11. The molecule has 3 aromatic rings. The van der Waals surface area contributed by atoms with Crippen molar-refractivity contribution in [1.82, 2.24) is 0 Å². The number of aliphatic hydroxyl groups is 8. The topological polar surface area (TPSA) is 251 Å². The number of halogens is 1. The second-order valence-electron chi connectivity index (χ2n) is 9.97. The zero-order valence-electron chi connectivity index (χ0n) is 22.1. The standard InChI is InChI=1S/C27H30O15.ClH/c28-8-17-19(32)21(34)23(36)26(41-17)39-15-6-12(31)5-14-13(15)7-16(25(38-14)10-1-3-11(30)4-2-10)40-27-24(37)22(35)20(33)18(9-29)42-27;/h1-7,17-24,26-29,32-37H,8-9H2,(H-,30,31);1H/t17-,18-,19-,20-,21+,22+,23-,24-,26-,27-;/m0./s1. The smallest absolute Gasteiger partial charge is 0.402 e. The number of aromatic hydroxyl groups is 2. The Morgan fingerprint density at radius 1 is 0.628 bits per heavy atom. The summed E-state index contributed by atoms with van der Waals surface area (Å²) in [6.45, 7) is -1.40. The Labute approximate surface area is 249 Å². The molecular weight excluding hydrogens is 600 g/mol. The Balaban J connectivity index is 0.00000423. The molecule has 2 saturated heterocycles. The molecule has 43 heavy (non-hydrogen) atoms. The first kappa shape index (κ1) is 32.8. The van der Waals surface area contributed by atoms with E-state index in [-0.39, 0.29) is 52.1 Å². The zero-order valence-corrected chi connectivity index (χ0v) is 22.9. The highest BCUT2D eigenvalue weighted by Crippen LogP contribution is 2.42. The normalized spacial score (nSPS) is 32.7. The first-order valence-electron chi connectivity index (χ1n) is 12.9. The molecule has 2 aromatic carbocycles. The van der Waals surface area contributed by atoms with Crippen LogP contribution >= 0.6 is 0 Å². The number of hydrogen-bond acceptors (Lipinski definition) is 14. The van der Waals surface area contributed by atoms with Crippen LogP contribution in [0.15, 0.2) is 46.9 Å². The summed E-state index contributed by atoms with van der Waals surface area (Å²) in [6.07, 6.45) is -16.0. The van der Waals surface area contributed by atoms with Crippen molar-refractivity contribution in [2.24, 2.45) is 0 Å². The van der Waals surface area contributed by atoms with Crippen LogP contribution in [-0.4, -0.2) is 126 Å². The van der Waals surface area contributed by atoms with Gasteiger partial charge in [0, 0.05) is 12.1 Å². The van der Waals surface area contributed by atoms with Gasteiger partial charge < -0.3 is 82.4 Å². The van der Waals surface area contributed by atoms with Gasteiger partial charge in [0.15, 0.2) is 0 Å². The van der Waals surface area contributed by atoms with Gasteiger partial charge in [-0.05, 0) is 24.3 Å². The van der Waals surface area contributed by atoms with E-state index in [9.17, 15) is 51.1 Å². The molecule has 236 valence electrons. The Hall–Kier alpha value is -3.06. The van der Waals surface area contributed by atoms with Crippen LogP contribution < -0.4 is 21.9 Å². The maximum Gasteiger partial charge on any atom is 0.402 e. The van der Waals surface area contributed by atoms with Crippen LogP contribution in [0.3, 0.4) is 0 Å². The van der Waals surface area contributed by atoms with Crippen molar-refractivity contribution in [2.75, 3.05) is 13.2 Å². The molecule has 2 aliphatic heterocycles. The Kier molecular flexibility index (Phi) is 10.2. The van der Waals surface area contributed by atoms with Crippen molar-refractivity contribution in [3.63, 3.8) is 0 Å². The van der Waals surface area contributed by atoms with E-state index in [0.717, 1.165) is 6.07 Å². The van der Waals surface area contributed by atoms with E-state index in [1.807, 2.05) is 0 Å². The monoisotopic (exact) mass is 630 g/mol. The van der Waals surface area contributed by atoms with Gasteiger partial charge in [-0.1, -0.05) is 0 Å². The van der Waals surface area contributed by atoms with Gasteiger partial charge in [0.2, 0.25) is 18.3 Å². The molecule has 3 heterocycles. The lowest BCUT2D eigenvalue weighted by Gasteiger charge is -2.39. The summed E-state index contributed by atoms with van der Waals surface area (Å²) in [5.74, 6) is -0.673. The van der Waals surface area contributed by atoms with Crippen LogP contribution in [0.2, 0.25) is 0 Å². The van der Waals surface area contributed by atoms with Crippen LogP contribution in [-0.2, 0) is 9.47 Å². The van der Waals surface area contributed by atoms with Gasteiger partial charge in [0.1, 0.15) is 71.5 Å². The average molecular weight is 631 g/mol. The summed E-state index contributed by atoms with van der Waals surface area (Å²) in [7, 11) is 0. The van der Waals surface area contributed by atoms with Crippen molar-refractivity contribution in [1.29, 1.82) is 0 Å². The van der Waals surface area contributed by atoms with Crippen molar-refractivity contribution in [3.8, 4) is 34.3 Å². The fraction of sp³-hybridized carbons (Fsp3) is 0.444. The largest absolute Gasteiger partial charge is 1.00 e. The van der Waals surface area contributed by atoms with Gasteiger partial charge in [-0.15, -0.1) is 0 Å². The Morgan fingerprint density at radius 3 is 1.65 bits per heavy atom. The number of aliphatic hydroxyl groups excluding tert-OH is 8. The van der Waals surface area contributed by atoms with Gasteiger partial charge in [-0.3, -0.25) is 0 Å². The summed E-state index contributed by atoms with van der Waals surface area (Å²) >= 11 is 0. The second kappa shape index (κ2) is 13.3. The molecule has 2 aliphatic rings. The predicted molar refractivity (Wildman–Crippen MR) is 138 cm³/mol. The van der Waals surface area contributed by atoms with E-state index < -0.39 is 74.6 Å². The van der Waals surface area contributed by atoms with Crippen LogP contribution in [0.1, 0.15) is 0 Å². The van der Waals surface area contributed by atoms with Crippen LogP contribution in [0.4, 0.5) is 0 Å². The maximum atomic E-state index is 10.6. The van der Waals surface area contributed by atoms with E-state index in [0.29, 0.717) is 5.56 Å². The molecular formula is C27H31ClO15. The minimum Gasteiger partial charge on any atom is -1.00 e. The number of hydrogen-bond donors (Lipinski definition) is 10. The summed E-state index contributed by atoms with van der Waals surface area (Å²) in [5.41, 5.74) is 0.368. The molecule has 10 N–H and O–H groups in total. The summed E-state index contributed by atoms with van der Waals surface area (Å²) in [5, 5.41) is 101. The SMILES string of the molecule is OC[C@@H]1O[C@H](Oc2cc3c(O[C@H]4O[C@@H](CO)[C@H](O)[C@@H](O)[C@@H]4O)cc(O)cc3[o+]c2-c2ccc(O)cc2)[C@@H](O)[C@H](O)[C@H]1O.[Cl-]. The Bertz CT molecular complexity index is 1390. The van der Waals surface area contributed by atoms with Crippen LogP contribution in [0, 0.1) is 0 Å². The highest BCUT2D eigenvalue weighted by molar-refractivity contribution is 5.88. The molecule has 15 nitrogen and oxygen atoms in total. The molecule has 0 aliphatic carbocycles. The number of fused-ring (bicyclic) bond motifs is 1. The van der Waals surface area contributed by atoms with Gasteiger partial charge in [0.05, 0.1) is 24.8 Å². The minimum absolute atomic E-state index is 0. The second-order valence-corrected chi connectivity index (χ2v) is 9.97. The van der Waals surface area contributed by atoms with Crippen molar-refractivity contribution >= 4 is 11.0 Å². The fourth-order valence-corrected chi connectivity index (χ4v) is 4.75. The van der Waals surface area contributed by atoms with Crippen molar-refractivity contribution in [3.05, 3.63) is 42.5 Å². The van der Waals surface area contributed by atoms with Gasteiger partial charge in [-0.25, -0.2) is 4.42 Å². The minimum atomic E-state index is -1.77. The molecule has 1 aromatic heterocycles. The molecule has 0 radical (unpaired) electrons. The summed E-state index contributed by atoms with van der Waals surface area (Å²) in [4.78, 5) is 0. The number of rotatable bonds is 7. The lowest BCUT2D eigenvalue weighted by Crippen LogP contribution is -3.00. The van der Waals surface area contributed by atoms with Gasteiger partial charge >= 0.3 is 11.3 Å². The lowest BCUT2D eigenvalue weighted by atomic mass is 9.99. The number of phenols is 2. The average Bonchev–Trinajstić information content (AvgIpc) is 2.98. The van der Waals surface area contributed by atoms with E-state index in [2.05, 4.69) is 0 Å². The molecule has 0 spiro atoms. The summed E-state index contributed by atoms with van der Waals surface area (Å²) < 4.78 is 28.6. The zero-order chi connectivity index (χ0) is 30.3. The first-order chi connectivity index (χ1) is 20.0. The van der Waals surface area contributed by atoms with Gasteiger partial charge in [-0.2, -0.15) is 0 Å². The molecule has 0 amide bonds. The molecule has 5 rings (SSSR count). The molecule has 0 saturated carbocycles. The maximum absolute atomic E-state index is 10.6. The van der Waals surface area contributed by atoms with Crippen molar-refractivity contribution < 1.29 is 86.8 Å². The quantitative estimate of drug-likeness (QED) is 0.110. The van der Waals surface area contributed by atoms with Crippen molar-refractivity contribution in [2.45, 2.75) is 61.4 Å². The lowest BCUT2D eigenvalue weighted by molar-refractivity contribution is -0.277. The first-order valence-corrected chi connectivity index (χ1v) is 12.9. The predicted octanol–water partition coefficient (Wildman–Crippen LogP) is -4.85. The van der Waals surface area contributed by atoms with Gasteiger partial charge in [0.25, 0.3) is 0 Å². The molecule has 0 bridgehead atoms. The van der Waals surface area contributed by atoms with Crippen LogP contribution in [0.25, 0.3) is 22.3 Å². The summed E-state index contributed by atoms with van der Waals surface area (Å²) in [6, 6.07) is 9.41. The van der Waals surface area contributed by atoms with E-state index >= 15 is 0 Å². The third-order valence-electron chi connectivity index (χ3n) is 7.11. The fourth-order valence-electron chi connectivity index (χ4n) is 4.75. The third kappa shape index (κ3) is 6.43.